The van der Waals surface area contributed by atoms with Crippen LogP contribution in [0.3, 0.4) is 0 Å². The predicted octanol–water partition coefficient (Wildman–Crippen LogP) is 0.505. The maximum absolute atomic E-state index is 5.15. The molecule has 0 unspecified atom stereocenters. The third kappa shape index (κ3) is 1.49. The fourth-order valence-electron chi connectivity index (χ4n) is 1.34. The topological polar surface area (TPSA) is 38.5 Å². The van der Waals surface area contributed by atoms with E-state index in [-0.39, 0.29) is 0 Å². The van der Waals surface area contributed by atoms with Gasteiger partial charge in [0.25, 0.3) is 0 Å². The van der Waals surface area contributed by atoms with Crippen LogP contribution in [-0.4, -0.2) is 36.4 Å². The third-order valence-electron chi connectivity index (χ3n) is 2.13. The second kappa shape index (κ2) is 3.25. The molecule has 1 aromatic rings. The summed E-state index contributed by atoms with van der Waals surface area (Å²) >= 11 is 0. The van der Waals surface area contributed by atoms with Crippen molar-refractivity contribution in [1.29, 1.82) is 0 Å². The van der Waals surface area contributed by atoms with Gasteiger partial charge in [-0.2, -0.15) is 0 Å². The molecule has 4 heteroatoms. The Hall–Kier alpha value is -0.870. The quantitative estimate of drug-likeness (QED) is 0.659. The molecule has 0 amide bonds. The molecular formula is C8H12N2O2. The Kier molecular flexibility index (Phi) is 2.10. The highest BCUT2D eigenvalue weighted by Gasteiger charge is 2.26. The average Bonchev–Trinajstić information content (AvgIpc) is 2.47. The second-order valence-corrected chi connectivity index (χ2v) is 3.03. The molecular weight excluding hydrogens is 156 g/mol. The van der Waals surface area contributed by atoms with Crippen molar-refractivity contribution in [3.63, 3.8) is 0 Å². The van der Waals surface area contributed by atoms with E-state index in [0.29, 0.717) is 6.10 Å². The maximum Gasteiger partial charge on any atom is 0.150 e. The monoisotopic (exact) mass is 168 g/mol. The van der Waals surface area contributed by atoms with Crippen LogP contribution in [0.15, 0.2) is 16.8 Å². The first-order valence-electron chi connectivity index (χ1n) is 4.03. The van der Waals surface area contributed by atoms with Crippen LogP contribution in [-0.2, 0) is 11.3 Å². The standard InChI is InChI=1S/C8H12N2O2/c1-11-8-5-10(6-8)4-7-2-3-9-12-7/h2-3,8H,4-6H2,1H3. The van der Waals surface area contributed by atoms with Gasteiger partial charge in [0, 0.05) is 26.3 Å². The van der Waals surface area contributed by atoms with Crippen LogP contribution < -0.4 is 0 Å². The van der Waals surface area contributed by atoms with Gasteiger partial charge >= 0.3 is 0 Å². The molecule has 1 fully saturated rings. The molecule has 1 aliphatic heterocycles. The minimum atomic E-state index is 0.410. The van der Waals surface area contributed by atoms with E-state index in [1.165, 1.54) is 0 Å². The minimum absolute atomic E-state index is 0.410. The predicted molar refractivity (Wildman–Crippen MR) is 42.6 cm³/mol. The van der Waals surface area contributed by atoms with Crippen molar-refractivity contribution in [2.75, 3.05) is 20.2 Å². The zero-order valence-electron chi connectivity index (χ0n) is 7.06. The molecule has 0 radical (unpaired) electrons. The number of likely N-dealkylation sites (tertiary alicyclic amines) is 1. The molecule has 0 saturated carbocycles. The van der Waals surface area contributed by atoms with Crippen molar-refractivity contribution < 1.29 is 9.26 Å². The minimum Gasteiger partial charge on any atom is -0.379 e. The molecule has 1 aromatic heterocycles. The lowest BCUT2D eigenvalue weighted by atomic mass is 10.1. The highest BCUT2D eigenvalue weighted by atomic mass is 16.5. The zero-order chi connectivity index (χ0) is 8.39. The summed E-state index contributed by atoms with van der Waals surface area (Å²) in [4.78, 5) is 2.26. The van der Waals surface area contributed by atoms with E-state index < -0.39 is 0 Å². The zero-order valence-corrected chi connectivity index (χ0v) is 7.06. The van der Waals surface area contributed by atoms with Gasteiger partial charge in [0.15, 0.2) is 5.76 Å². The fraction of sp³-hybridized carbons (Fsp3) is 0.625. The highest BCUT2D eigenvalue weighted by molar-refractivity contribution is 4.95. The highest BCUT2D eigenvalue weighted by Crippen LogP contribution is 2.14. The molecule has 12 heavy (non-hydrogen) atoms. The molecule has 2 heterocycles. The van der Waals surface area contributed by atoms with Gasteiger partial charge in [-0.3, -0.25) is 4.90 Å². The first kappa shape index (κ1) is 7.76. The molecule has 0 atom stereocenters. The van der Waals surface area contributed by atoms with Crippen molar-refractivity contribution in [3.8, 4) is 0 Å². The SMILES string of the molecule is COC1CN(Cc2ccno2)C1. The van der Waals surface area contributed by atoms with Crippen LogP contribution >= 0.6 is 0 Å². The van der Waals surface area contributed by atoms with Crippen LogP contribution in [0.4, 0.5) is 0 Å². The Morgan fingerprint density at radius 1 is 1.75 bits per heavy atom. The van der Waals surface area contributed by atoms with E-state index in [2.05, 4.69) is 10.1 Å². The molecule has 0 bridgehead atoms. The normalized spacial score (nSPS) is 19.4. The van der Waals surface area contributed by atoms with Gasteiger partial charge < -0.3 is 9.26 Å². The van der Waals surface area contributed by atoms with Crippen molar-refractivity contribution in [2.45, 2.75) is 12.6 Å². The summed E-state index contributed by atoms with van der Waals surface area (Å²) in [6.45, 7) is 2.84. The number of hydrogen-bond acceptors (Lipinski definition) is 4. The van der Waals surface area contributed by atoms with E-state index in [0.717, 1.165) is 25.4 Å². The Morgan fingerprint density at radius 2 is 2.58 bits per heavy atom. The van der Waals surface area contributed by atoms with E-state index in [1.807, 2.05) is 6.07 Å². The summed E-state index contributed by atoms with van der Waals surface area (Å²) in [6.07, 6.45) is 2.08. The number of hydrogen-bond donors (Lipinski definition) is 0. The first-order chi connectivity index (χ1) is 5.88. The molecule has 0 aromatic carbocycles. The van der Waals surface area contributed by atoms with Gasteiger partial charge in [0.1, 0.15) is 0 Å². The van der Waals surface area contributed by atoms with E-state index >= 15 is 0 Å². The van der Waals surface area contributed by atoms with Crippen LogP contribution in [0.5, 0.6) is 0 Å². The van der Waals surface area contributed by atoms with E-state index in [9.17, 15) is 0 Å². The largest absolute Gasteiger partial charge is 0.379 e. The summed E-state index contributed by atoms with van der Waals surface area (Å²) in [7, 11) is 1.75. The number of ether oxygens (including phenoxy) is 1. The van der Waals surface area contributed by atoms with Crippen molar-refractivity contribution >= 4 is 0 Å². The summed E-state index contributed by atoms with van der Waals surface area (Å²) in [6, 6.07) is 1.89. The molecule has 4 nitrogen and oxygen atoms in total. The molecule has 0 aliphatic carbocycles. The van der Waals surface area contributed by atoms with Crippen molar-refractivity contribution in [2.24, 2.45) is 0 Å². The number of rotatable bonds is 3. The van der Waals surface area contributed by atoms with Crippen LogP contribution in [0, 0.1) is 0 Å². The molecule has 0 spiro atoms. The van der Waals surface area contributed by atoms with Gasteiger partial charge in [-0.05, 0) is 0 Å². The fourth-order valence-corrected chi connectivity index (χ4v) is 1.34. The maximum atomic E-state index is 5.15. The Balaban J connectivity index is 1.77. The summed E-state index contributed by atoms with van der Waals surface area (Å²) in [5.74, 6) is 0.921. The average molecular weight is 168 g/mol. The van der Waals surface area contributed by atoms with Crippen molar-refractivity contribution in [1.82, 2.24) is 10.1 Å². The van der Waals surface area contributed by atoms with E-state index in [4.69, 9.17) is 9.26 Å². The Bertz CT molecular complexity index is 229. The molecule has 66 valence electrons. The number of aromatic nitrogens is 1. The summed E-state index contributed by atoms with van der Waals surface area (Å²) in [5, 5.41) is 3.64. The smallest absolute Gasteiger partial charge is 0.150 e. The molecule has 1 aliphatic rings. The summed E-state index contributed by atoms with van der Waals surface area (Å²) in [5.41, 5.74) is 0. The van der Waals surface area contributed by atoms with E-state index in [1.54, 1.807) is 13.3 Å². The lowest BCUT2D eigenvalue weighted by Crippen LogP contribution is -2.50. The lowest BCUT2D eigenvalue weighted by molar-refractivity contribution is -0.0365. The van der Waals surface area contributed by atoms with Crippen LogP contribution in [0.1, 0.15) is 5.76 Å². The number of nitrogens with zero attached hydrogens (tertiary/aromatic N) is 2. The first-order valence-corrected chi connectivity index (χ1v) is 4.03. The Morgan fingerprint density at radius 3 is 3.17 bits per heavy atom. The van der Waals surface area contributed by atoms with Crippen molar-refractivity contribution in [3.05, 3.63) is 18.0 Å². The van der Waals surface area contributed by atoms with Crippen LogP contribution in [0.25, 0.3) is 0 Å². The van der Waals surface area contributed by atoms with Gasteiger partial charge in [0.05, 0.1) is 18.8 Å². The number of methoxy groups -OCH3 is 1. The van der Waals surface area contributed by atoms with Crippen LogP contribution in [0.2, 0.25) is 0 Å². The van der Waals surface area contributed by atoms with Gasteiger partial charge in [-0.1, -0.05) is 5.16 Å². The summed E-state index contributed by atoms with van der Waals surface area (Å²) < 4.78 is 10.1. The third-order valence-corrected chi connectivity index (χ3v) is 2.13. The molecule has 0 N–H and O–H groups in total. The van der Waals surface area contributed by atoms with Gasteiger partial charge in [0.2, 0.25) is 0 Å². The van der Waals surface area contributed by atoms with Gasteiger partial charge in [-0.25, -0.2) is 0 Å². The Labute approximate surface area is 71.1 Å². The molecule has 2 rings (SSSR count). The van der Waals surface area contributed by atoms with Gasteiger partial charge in [-0.15, -0.1) is 0 Å². The molecule has 1 saturated heterocycles. The lowest BCUT2D eigenvalue weighted by Gasteiger charge is -2.37. The second-order valence-electron chi connectivity index (χ2n) is 3.03.